The molecule has 1 heterocycles. The Hall–Kier alpha value is -2.42. The third kappa shape index (κ3) is 2.75. The number of carbonyl (C=O) groups is 2. The Kier molecular flexibility index (Phi) is 3.93. The summed E-state index contributed by atoms with van der Waals surface area (Å²) in [6.45, 7) is 0.727. The second kappa shape index (κ2) is 6.23. The number of anilines is 1. The monoisotopic (exact) mass is 319 g/mol. The highest BCUT2D eigenvalue weighted by Crippen LogP contribution is 2.28. The first-order valence-corrected chi connectivity index (χ1v) is 8.75. The molecule has 1 aliphatic heterocycles. The van der Waals surface area contributed by atoms with Gasteiger partial charge in [-0.3, -0.25) is 9.59 Å². The fourth-order valence-electron chi connectivity index (χ4n) is 3.84. The molecule has 0 unspecified atom stereocenters. The van der Waals surface area contributed by atoms with Crippen molar-refractivity contribution < 1.29 is 9.59 Å². The van der Waals surface area contributed by atoms with Crippen molar-refractivity contribution >= 4 is 17.4 Å². The van der Waals surface area contributed by atoms with Crippen molar-refractivity contribution in [1.82, 2.24) is 0 Å². The minimum absolute atomic E-state index is 0.0504. The van der Waals surface area contributed by atoms with Crippen molar-refractivity contribution in [3.05, 3.63) is 64.7 Å². The van der Waals surface area contributed by atoms with Crippen molar-refractivity contribution in [2.24, 2.45) is 0 Å². The van der Waals surface area contributed by atoms with E-state index >= 15 is 0 Å². The summed E-state index contributed by atoms with van der Waals surface area (Å²) in [7, 11) is 0. The molecule has 0 atom stereocenters. The quantitative estimate of drug-likeness (QED) is 0.805. The number of rotatable bonds is 4. The van der Waals surface area contributed by atoms with E-state index in [1.165, 1.54) is 23.1 Å². The van der Waals surface area contributed by atoms with E-state index in [0.717, 1.165) is 37.1 Å². The molecule has 0 aromatic heterocycles. The lowest BCUT2D eigenvalue weighted by atomic mass is 10.0. The number of hydrogen-bond acceptors (Lipinski definition) is 2. The third-order valence-corrected chi connectivity index (χ3v) is 5.17. The van der Waals surface area contributed by atoms with Crippen LogP contribution in [0, 0.1) is 0 Å². The number of nitrogens with zero attached hydrogens (tertiary/aromatic N) is 1. The molecule has 3 heteroatoms. The van der Waals surface area contributed by atoms with Crippen LogP contribution in [0.1, 0.15) is 46.3 Å². The summed E-state index contributed by atoms with van der Waals surface area (Å²) in [4.78, 5) is 26.8. The lowest BCUT2D eigenvalue weighted by Crippen LogP contribution is -2.29. The fraction of sp³-hybridized carbons (Fsp3) is 0.333. The Morgan fingerprint density at radius 2 is 1.71 bits per heavy atom. The van der Waals surface area contributed by atoms with Gasteiger partial charge in [-0.1, -0.05) is 30.3 Å². The number of para-hydroxylation sites is 1. The molecule has 4 rings (SSSR count). The van der Waals surface area contributed by atoms with Gasteiger partial charge in [0.1, 0.15) is 0 Å². The predicted molar refractivity (Wildman–Crippen MR) is 94.5 cm³/mol. The van der Waals surface area contributed by atoms with Gasteiger partial charge in [-0.2, -0.15) is 0 Å². The van der Waals surface area contributed by atoms with Crippen LogP contribution in [-0.2, 0) is 24.1 Å². The number of carbonyl (C=O) groups excluding carboxylic acids is 2. The van der Waals surface area contributed by atoms with Crippen molar-refractivity contribution in [2.75, 3.05) is 11.4 Å². The van der Waals surface area contributed by atoms with E-state index in [1.54, 1.807) is 0 Å². The topological polar surface area (TPSA) is 37.4 Å². The molecule has 0 spiro atoms. The van der Waals surface area contributed by atoms with Gasteiger partial charge in [0.05, 0.1) is 0 Å². The van der Waals surface area contributed by atoms with E-state index in [9.17, 15) is 9.59 Å². The SMILES string of the molecule is O=C(CCC(=O)N1CCc2ccccc21)c1ccc2c(c1)CCC2. The second-order valence-electron chi connectivity index (χ2n) is 6.68. The number of benzene rings is 2. The summed E-state index contributed by atoms with van der Waals surface area (Å²) in [5.41, 5.74) is 5.66. The van der Waals surface area contributed by atoms with E-state index in [-0.39, 0.29) is 24.5 Å². The molecule has 3 nitrogen and oxygen atoms in total. The minimum atomic E-state index is 0.0504. The second-order valence-corrected chi connectivity index (χ2v) is 6.68. The average Bonchev–Trinajstić information content (AvgIpc) is 3.25. The molecule has 24 heavy (non-hydrogen) atoms. The zero-order valence-electron chi connectivity index (χ0n) is 13.8. The van der Waals surface area contributed by atoms with Gasteiger partial charge in [0, 0.05) is 30.6 Å². The highest BCUT2D eigenvalue weighted by molar-refractivity contribution is 6.01. The number of hydrogen-bond donors (Lipinski definition) is 0. The molecular weight excluding hydrogens is 298 g/mol. The van der Waals surface area contributed by atoms with Gasteiger partial charge in [0.2, 0.25) is 5.91 Å². The molecule has 1 aliphatic carbocycles. The van der Waals surface area contributed by atoms with Crippen molar-refractivity contribution in [3.8, 4) is 0 Å². The van der Waals surface area contributed by atoms with Crippen LogP contribution in [0.15, 0.2) is 42.5 Å². The van der Waals surface area contributed by atoms with Gasteiger partial charge < -0.3 is 4.90 Å². The van der Waals surface area contributed by atoms with Gasteiger partial charge in [-0.05, 0) is 54.5 Å². The Labute approximate surface area is 142 Å². The van der Waals surface area contributed by atoms with Crippen LogP contribution in [0.25, 0.3) is 0 Å². The molecule has 0 fully saturated rings. The molecule has 0 saturated heterocycles. The van der Waals surface area contributed by atoms with Crippen LogP contribution < -0.4 is 4.90 Å². The summed E-state index contributed by atoms with van der Waals surface area (Å²) in [6.07, 6.45) is 4.84. The first kappa shape index (κ1) is 15.1. The molecule has 122 valence electrons. The van der Waals surface area contributed by atoms with Crippen molar-refractivity contribution in [3.63, 3.8) is 0 Å². The van der Waals surface area contributed by atoms with Gasteiger partial charge in [0.15, 0.2) is 5.78 Å². The Morgan fingerprint density at radius 3 is 2.62 bits per heavy atom. The maximum atomic E-state index is 12.5. The van der Waals surface area contributed by atoms with Crippen LogP contribution >= 0.6 is 0 Å². The summed E-state index contributed by atoms with van der Waals surface area (Å²) < 4.78 is 0. The molecular formula is C21H21NO2. The normalized spacial score (nSPS) is 15.2. The minimum Gasteiger partial charge on any atom is -0.312 e. The largest absolute Gasteiger partial charge is 0.312 e. The number of fused-ring (bicyclic) bond motifs is 2. The van der Waals surface area contributed by atoms with E-state index < -0.39 is 0 Å². The standard InChI is InChI=1S/C21H21NO2/c23-20(18-9-8-15-5-3-6-17(15)14-18)10-11-21(24)22-13-12-16-4-1-2-7-19(16)22/h1-2,4,7-9,14H,3,5-6,10-13H2. The number of amides is 1. The Morgan fingerprint density at radius 1 is 0.875 bits per heavy atom. The molecule has 2 aromatic rings. The van der Waals surface area contributed by atoms with Crippen molar-refractivity contribution in [2.45, 2.75) is 38.5 Å². The zero-order valence-corrected chi connectivity index (χ0v) is 13.8. The highest BCUT2D eigenvalue weighted by atomic mass is 16.2. The van der Waals surface area contributed by atoms with Gasteiger partial charge >= 0.3 is 0 Å². The van der Waals surface area contributed by atoms with E-state index in [4.69, 9.17) is 0 Å². The third-order valence-electron chi connectivity index (χ3n) is 5.17. The maximum Gasteiger partial charge on any atom is 0.227 e. The predicted octanol–water partition coefficient (Wildman–Crippen LogP) is 3.73. The molecule has 2 aliphatic rings. The van der Waals surface area contributed by atoms with Crippen LogP contribution in [0.5, 0.6) is 0 Å². The fourth-order valence-corrected chi connectivity index (χ4v) is 3.84. The zero-order chi connectivity index (χ0) is 16.5. The highest BCUT2D eigenvalue weighted by Gasteiger charge is 2.24. The van der Waals surface area contributed by atoms with Gasteiger partial charge in [-0.15, -0.1) is 0 Å². The lowest BCUT2D eigenvalue weighted by Gasteiger charge is -2.17. The summed E-state index contributed by atoms with van der Waals surface area (Å²) in [6, 6.07) is 14.0. The number of Topliss-reactive ketones (excluding diaryl/α,β-unsaturated/α-hetero) is 1. The van der Waals surface area contributed by atoms with E-state index in [2.05, 4.69) is 12.1 Å². The molecule has 2 aromatic carbocycles. The molecule has 0 radical (unpaired) electrons. The summed E-state index contributed by atoms with van der Waals surface area (Å²) >= 11 is 0. The first-order valence-electron chi connectivity index (χ1n) is 8.75. The smallest absolute Gasteiger partial charge is 0.227 e. The molecule has 0 bridgehead atoms. The van der Waals surface area contributed by atoms with E-state index in [1.807, 2.05) is 35.2 Å². The Bertz CT molecular complexity index is 809. The van der Waals surface area contributed by atoms with Crippen LogP contribution in [0.4, 0.5) is 5.69 Å². The van der Waals surface area contributed by atoms with Crippen LogP contribution in [0.2, 0.25) is 0 Å². The van der Waals surface area contributed by atoms with Gasteiger partial charge in [-0.25, -0.2) is 0 Å². The van der Waals surface area contributed by atoms with Crippen molar-refractivity contribution in [1.29, 1.82) is 0 Å². The average molecular weight is 319 g/mol. The first-order chi connectivity index (χ1) is 11.7. The van der Waals surface area contributed by atoms with Gasteiger partial charge in [0.25, 0.3) is 0 Å². The number of ketones is 1. The molecule has 0 saturated carbocycles. The molecule has 1 amide bonds. The molecule has 0 N–H and O–H groups in total. The van der Waals surface area contributed by atoms with Crippen LogP contribution in [0.3, 0.4) is 0 Å². The lowest BCUT2D eigenvalue weighted by molar-refractivity contribution is -0.118. The maximum absolute atomic E-state index is 12.5. The van der Waals surface area contributed by atoms with Crippen LogP contribution in [-0.4, -0.2) is 18.2 Å². The summed E-state index contributed by atoms with van der Waals surface area (Å²) in [5.74, 6) is 0.125. The number of aryl methyl sites for hydroxylation is 2. The Balaban J connectivity index is 1.40. The van der Waals surface area contributed by atoms with E-state index in [0.29, 0.717) is 0 Å². The summed E-state index contributed by atoms with van der Waals surface area (Å²) in [5, 5.41) is 0.